The van der Waals surface area contributed by atoms with Crippen molar-refractivity contribution in [1.29, 1.82) is 0 Å². The van der Waals surface area contributed by atoms with Crippen LogP contribution in [0.5, 0.6) is 11.5 Å². The first-order chi connectivity index (χ1) is 21.3. The van der Waals surface area contributed by atoms with Crippen LogP contribution in [-0.4, -0.2) is 68.9 Å². The third kappa shape index (κ3) is 8.44. The van der Waals surface area contributed by atoms with Crippen LogP contribution in [-0.2, 0) is 30.5 Å². The summed E-state index contributed by atoms with van der Waals surface area (Å²) in [6, 6.07) is 19.8. The molecule has 0 aliphatic heterocycles. The molecule has 0 unspecified atom stereocenters. The number of nitrogens with one attached hydrogen (secondary N) is 3. The minimum Gasteiger partial charge on any atom is -0.496 e. The summed E-state index contributed by atoms with van der Waals surface area (Å²) in [7, 11) is 2.97. The van der Waals surface area contributed by atoms with E-state index in [1.807, 2.05) is 48.5 Å². The Balaban J connectivity index is 1.38. The van der Waals surface area contributed by atoms with E-state index in [1.165, 1.54) is 32.8 Å². The summed E-state index contributed by atoms with van der Waals surface area (Å²) in [5.74, 6) is -0.134. The average Bonchev–Trinajstić information content (AvgIpc) is 3.36. The van der Waals surface area contributed by atoms with Crippen molar-refractivity contribution >= 4 is 35.6 Å². The Hall–Kier alpha value is -4.71. The van der Waals surface area contributed by atoms with Crippen LogP contribution < -0.4 is 25.4 Å². The first kappa shape index (κ1) is 32.2. The third-order valence-corrected chi connectivity index (χ3v) is 7.82. The second kappa shape index (κ2) is 15.7. The summed E-state index contributed by atoms with van der Waals surface area (Å²) in [6.45, 7) is 1.18. The van der Waals surface area contributed by atoms with Crippen molar-refractivity contribution in [3.05, 3.63) is 83.4 Å². The van der Waals surface area contributed by atoms with E-state index < -0.39 is 18.1 Å². The van der Waals surface area contributed by atoms with Crippen molar-refractivity contribution in [3.8, 4) is 22.6 Å². The normalized spacial score (nSPS) is 12.2. The van der Waals surface area contributed by atoms with E-state index in [2.05, 4.69) is 16.0 Å². The standard InChI is InChI=1S/C32H35N3O8S/c1-20(36)34-19-44-18-28(31(38)42-15-21-12-13-22(14-29(21)40-3)41-17-30(37)33-2)35-32(39)43-16-27-25-10-6-4-8-23(25)24-9-5-7-11-26(24)27/h4-14,27-28H,15-19H2,1-3H3,(H,33,37)(H,34,36)(H,35,39)/t28-/m0/s1. The van der Waals surface area contributed by atoms with Gasteiger partial charge in [-0.1, -0.05) is 48.5 Å². The van der Waals surface area contributed by atoms with Gasteiger partial charge in [-0.15, -0.1) is 11.8 Å². The summed E-state index contributed by atoms with van der Waals surface area (Å²) >= 11 is 1.25. The Labute approximate surface area is 260 Å². The van der Waals surface area contributed by atoms with Crippen molar-refractivity contribution in [3.63, 3.8) is 0 Å². The number of methoxy groups -OCH3 is 1. The molecule has 232 valence electrons. The lowest BCUT2D eigenvalue weighted by molar-refractivity contribution is -0.146. The van der Waals surface area contributed by atoms with E-state index in [9.17, 15) is 19.2 Å². The number of rotatable bonds is 14. The Morgan fingerprint density at radius 1 is 0.932 bits per heavy atom. The Bertz CT molecular complexity index is 1450. The summed E-state index contributed by atoms with van der Waals surface area (Å²) in [6.07, 6.45) is -0.760. The molecule has 0 radical (unpaired) electrons. The van der Waals surface area contributed by atoms with E-state index in [4.69, 9.17) is 18.9 Å². The summed E-state index contributed by atoms with van der Waals surface area (Å²) in [5.41, 5.74) is 4.91. The van der Waals surface area contributed by atoms with Crippen LogP contribution in [0, 0.1) is 0 Å². The molecule has 4 rings (SSSR count). The van der Waals surface area contributed by atoms with Gasteiger partial charge in [0.05, 0.1) is 13.0 Å². The number of amides is 3. The first-order valence-corrected chi connectivity index (χ1v) is 15.1. The number of ether oxygens (including phenoxy) is 4. The first-order valence-electron chi connectivity index (χ1n) is 13.9. The van der Waals surface area contributed by atoms with Gasteiger partial charge in [0.15, 0.2) is 6.61 Å². The molecular formula is C32H35N3O8S. The zero-order chi connectivity index (χ0) is 31.5. The van der Waals surface area contributed by atoms with Gasteiger partial charge in [0.2, 0.25) is 5.91 Å². The van der Waals surface area contributed by atoms with Crippen molar-refractivity contribution in [2.24, 2.45) is 0 Å². The number of hydrogen-bond donors (Lipinski definition) is 3. The van der Waals surface area contributed by atoms with Crippen LogP contribution in [0.2, 0.25) is 0 Å². The molecule has 0 spiro atoms. The number of thioether (sulfide) groups is 1. The number of carbonyl (C=O) groups is 4. The lowest BCUT2D eigenvalue weighted by Gasteiger charge is -2.19. The van der Waals surface area contributed by atoms with E-state index in [0.29, 0.717) is 17.1 Å². The molecule has 12 heteroatoms. The number of likely N-dealkylation sites (N-methyl/N-ethyl adjacent to an activating group) is 1. The molecule has 0 aromatic heterocycles. The largest absolute Gasteiger partial charge is 0.496 e. The molecule has 0 bridgehead atoms. The maximum absolute atomic E-state index is 13.1. The fourth-order valence-corrected chi connectivity index (χ4v) is 5.56. The van der Waals surface area contributed by atoms with Crippen LogP contribution in [0.25, 0.3) is 11.1 Å². The highest BCUT2D eigenvalue weighted by atomic mass is 32.2. The van der Waals surface area contributed by atoms with Crippen LogP contribution in [0.15, 0.2) is 66.7 Å². The Morgan fingerprint density at radius 3 is 2.25 bits per heavy atom. The van der Waals surface area contributed by atoms with Crippen molar-refractivity contribution in [2.75, 3.05) is 39.0 Å². The zero-order valence-electron chi connectivity index (χ0n) is 24.7. The Morgan fingerprint density at radius 2 is 1.61 bits per heavy atom. The van der Waals surface area contributed by atoms with Crippen LogP contribution in [0.1, 0.15) is 29.5 Å². The fraction of sp³-hybridized carbons (Fsp3) is 0.312. The predicted octanol–water partition coefficient (Wildman–Crippen LogP) is 3.60. The van der Waals surface area contributed by atoms with E-state index in [1.54, 1.807) is 18.2 Å². The minimum atomic E-state index is -1.05. The summed E-state index contributed by atoms with van der Waals surface area (Å²) in [4.78, 5) is 48.8. The van der Waals surface area contributed by atoms with Gasteiger partial charge < -0.3 is 34.9 Å². The molecule has 3 aromatic rings. The quantitative estimate of drug-likeness (QED) is 0.140. The third-order valence-electron chi connectivity index (χ3n) is 6.91. The molecule has 0 saturated carbocycles. The number of hydrogen-bond acceptors (Lipinski definition) is 9. The van der Waals surface area contributed by atoms with Gasteiger partial charge in [-0.05, 0) is 34.4 Å². The number of carbonyl (C=O) groups excluding carboxylic acids is 4. The van der Waals surface area contributed by atoms with Gasteiger partial charge in [-0.2, -0.15) is 0 Å². The van der Waals surface area contributed by atoms with Gasteiger partial charge in [-0.25, -0.2) is 9.59 Å². The fourth-order valence-electron chi connectivity index (χ4n) is 4.68. The lowest BCUT2D eigenvalue weighted by Crippen LogP contribution is -2.44. The van der Waals surface area contributed by atoms with E-state index in [-0.39, 0.29) is 49.2 Å². The van der Waals surface area contributed by atoms with Gasteiger partial charge in [0.1, 0.15) is 30.8 Å². The second-order valence-electron chi connectivity index (χ2n) is 9.81. The van der Waals surface area contributed by atoms with E-state index in [0.717, 1.165) is 22.3 Å². The predicted molar refractivity (Wildman–Crippen MR) is 165 cm³/mol. The zero-order valence-corrected chi connectivity index (χ0v) is 25.5. The second-order valence-corrected chi connectivity index (χ2v) is 10.8. The van der Waals surface area contributed by atoms with Crippen LogP contribution in [0.4, 0.5) is 4.79 Å². The average molecular weight is 622 g/mol. The lowest BCUT2D eigenvalue weighted by atomic mass is 9.98. The molecular weight excluding hydrogens is 586 g/mol. The SMILES string of the molecule is CNC(=O)COc1ccc(COC(=O)[C@H](CSCNC(C)=O)NC(=O)OCC2c3ccccc3-c3ccccc32)c(OC)c1. The summed E-state index contributed by atoms with van der Waals surface area (Å²) < 4.78 is 22.0. The minimum absolute atomic E-state index is 0.0895. The van der Waals surface area contributed by atoms with Crippen molar-refractivity contribution in [1.82, 2.24) is 16.0 Å². The van der Waals surface area contributed by atoms with Crippen LogP contribution >= 0.6 is 11.8 Å². The van der Waals surface area contributed by atoms with Crippen molar-refractivity contribution < 1.29 is 38.1 Å². The maximum Gasteiger partial charge on any atom is 0.407 e. The summed E-state index contributed by atoms with van der Waals surface area (Å²) in [5, 5.41) is 7.74. The van der Waals surface area contributed by atoms with Gasteiger partial charge in [-0.3, -0.25) is 9.59 Å². The molecule has 44 heavy (non-hydrogen) atoms. The highest BCUT2D eigenvalue weighted by molar-refractivity contribution is 7.99. The van der Waals surface area contributed by atoms with Gasteiger partial charge in [0, 0.05) is 37.3 Å². The number of benzene rings is 3. The molecule has 3 amide bonds. The topological polar surface area (TPSA) is 141 Å². The van der Waals surface area contributed by atoms with E-state index >= 15 is 0 Å². The van der Waals surface area contributed by atoms with Gasteiger partial charge in [0.25, 0.3) is 5.91 Å². The maximum atomic E-state index is 13.1. The molecule has 11 nitrogen and oxygen atoms in total. The highest BCUT2D eigenvalue weighted by Crippen LogP contribution is 2.44. The molecule has 3 aromatic carbocycles. The molecule has 1 aliphatic carbocycles. The van der Waals surface area contributed by atoms with Crippen LogP contribution in [0.3, 0.4) is 0 Å². The molecule has 0 heterocycles. The number of esters is 1. The molecule has 0 saturated heterocycles. The number of alkyl carbamates (subject to hydrolysis) is 1. The Kier molecular flexibility index (Phi) is 11.5. The number of fused-ring (bicyclic) bond motifs is 3. The van der Waals surface area contributed by atoms with Gasteiger partial charge >= 0.3 is 12.1 Å². The molecule has 0 fully saturated rings. The molecule has 1 atom stereocenters. The molecule has 1 aliphatic rings. The highest BCUT2D eigenvalue weighted by Gasteiger charge is 2.30. The van der Waals surface area contributed by atoms with Crippen molar-refractivity contribution in [2.45, 2.75) is 25.5 Å². The monoisotopic (exact) mass is 621 g/mol. The smallest absolute Gasteiger partial charge is 0.407 e. The molecule has 3 N–H and O–H groups in total.